The average Bonchev–Trinajstić information content (AvgIpc) is 3.46. The van der Waals surface area contributed by atoms with Gasteiger partial charge in [-0.05, 0) is 38.3 Å². The summed E-state index contributed by atoms with van der Waals surface area (Å²) in [5.41, 5.74) is 4.27. The van der Waals surface area contributed by atoms with Gasteiger partial charge in [0, 0.05) is 48.9 Å². The van der Waals surface area contributed by atoms with E-state index >= 15 is 0 Å². The van der Waals surface area contributed by atoms with E-state index in [0.29, 0.717) is 0 Å². The smallest absolute Gasteiger partial charge is 0.183 e. The van der Waals surface area contributed by atoms with Gasteiger partial charge < -0.3 is 5.32 Å². The van der Waals surface area contributed by atoms with E-state index in [2.05, 4.69) is 58.3 Å². The lowest BCUT2D eigenvalue weighted by Crippen LogP contribution is -2.00. The standard InChI is InChI=1S/C20H24N6S2/c1-4-25-13-16(14(2)23-25)12-21-20-22-15(3)19(28-20)18-8-10-26(24-18)9-7-17-6-5-11-27-17/h5-6,8,10-11,13H,4,7,9,12H2,1-3H3,(H,21,22). The van der Waals surface area contributed by atoms with Crippen molar-refractivity contribution in [3.8, 4) is 10.6 Å². The molecule has 0 saturated heterocycles. The zero-order valence-corrected chi connectivity index (χ0v) is 18.0. The van der Waals surface area contributed by atoms with Crippen LogP contribution in [0.1, 0.15) is 28.8 Å². The van der Waals surface area contributed by atoms with Gasteiger partial charge in [-0.2, -0.15) is 10.2 Å². The monoisotopic (exact) mass is 412 g/mol. The molecule has 8 heteroatoms. The van der Waals surface area contributed by atoms with Gasteiger partial charge in [-0.3, -0.25) is 9.36 Å². The average molecular weight is 413 g/mol. The Kier molecular flexibility index (Phi) is 5.59. The number of nitrogens with one attached hydrogen (secondary N) is 1. The highest BCUT2D eigenvalue weighted by molar-refractivity contribution is 7.19. The van der Waals surface area contributed by atoms with E-state index in [0.717, 1.165) is 53.1 Å². The predicted molar refractivity (Wildman–Crippen MR) is 116 cm³/mol. The highest BCUT2D eigenvalue weighted by Crippen LogP contribution is 2.32. The van der Waals surface area contributed by atoms with Crippen molar-refractivity contribution in [1.29, 1.82) is 0 Å². The van der Waals surface area contributed by atoms with E-state index in [1.54, 1.807) is 22.7 Å². The van der Waals surface area contributed by atoms with Crippen molar-refractivity contribution in [2.24, 2.45) is 0 Å². The SMILES string of the molecule is CCn1cc(CNc2nc(C)c(-c3ccn(CCc4cccs4)n3)s2)c(C)n1. The summed E-state index contributed by atoms with van der Waals surface area (Å²) in [7, 11) is 0. The summed E-state index contributed by atoms with van der Waals surface area (Å²) in [5, 5.41) is 15.7. The van der Waals surface area contributed by atoms with Gasteiger partial charge in [0.1, 0.15) is 5.69 Å². The Bertz CT molecular complexity index is 1040. The van der Waals surface area contributed by atoms with Crippen molar-refractivity contribution in [2.75, 3.05) is 5.32 Å². The van der Waals surface area contributed by atoms with Gasteiger partial charge in [-0.1, -0.05) is 17.4 Å². The Labute approximate surface area is 172 Å². The summed E-state index contributed by atoms with van der Waals surface area (Å²) in [4.78, 5) is 7.20. The van der Waals surface area contributed by atoms with E-state index in [-0.39, 0.29) is 0 Å². The molecule has 0 radical (unpaired) electrons. The van der Waals surface area contributed by atoms with Crippen molar-refractivity contribution in [1.82, 2.24) is 24.5 Å². The molecule has 4 rings (SSSR count). The number of rotatable bonds is 8. The van der Waals surface area contributed by atoms with Crippen molar-refractivity contribution in [3.63, 3.8) is 0 Å². The van der Waals surface area contributed by atoms with Gasteiger partial charge >= 0.3 is 0 Å². The summed E-state index contributed by atoms with van der Waals surface area (Å²) in [6, 6.07) is 6.35. The maximum Gasteiger partial charge on any atom is 0.183 e. The van der Waals surface area contributed by atoms with Crippen LogP contribution in [0.25, 0.3) is 10.6 Å². The van der Waals surface area contributed by atoms with Crippen LogP contribution in [0.2, 0.25) is 0 Å². The number of nitrogens with zero attached hydrogens (tertiary/aromatic N) is 5. The molecule has 0 spiro atoms. The van der Waals surface area contributed by atoms with Crippen LogP contribution in [0.5, 0.6) is 0 Å². The van der Waals surface area contributed by atoms with E-state index in [9.17, 15) is 0 Å². The predicted octanol–water partition coefficient (Wildman–Crippen LogP) is 4.76. The van der Waals surface area contributed by atoms with Gasteiger partial charge in [0.05, 0.1) is 16.3 Å². The molecule has 0 aliphatic carbocycles. The minimum atomic E-state index is 0.730. The molecular weight excluding hydrogens is 388 g/mol. The minimum absolute atomic E-state index is 0.730. The Balaban J connectivity index is 1.42. The highest BCUT2D eigenvalue weighted by atomic mass is 32.1. The number of hydrogen-bond donors (Lipinski definition) is 1. The molecule has 0 amide bonds. The molecule has 0 bridgehead atoms. The fourth-order valence-electron chi connectivity index (χ4n) is 3.06. The van der Waals surface area contributed by atoms with Crippen molar-refractivity contribution in [3.05, 3.63) is 57.8 Å². The molecule has 0 aliphatic rings. The fourth-order valence-corrected chi connectivity index (χ4v) is 4.69. The molecule has 0 saturated carbocycles. The first kappa shape index (κ1) is 18.9. The number of anilines is 1. The first-order valence-electron chi connectivity index (χ1n) is 9.43. The summed E-state index contributed by atoms with van der Waals surface area (Å²) >= 11 is 3.45. The van der Waals surface area contributed by atoms with Crippen LogP contribution in [0.15, 0.2) is 36.0 Å². The fraction of sp³-hybridized carbons (Fsp3) is 0.350. The molecule has 146 valence electrons. The molecule has 0 fully saturated rings. The number of thiophene rings is 1. The second-order valence-electron chi connectivity index (χ2n) is 6.68. The van der Waals surface area contributed by atoms with Crippen LogP contribution < -0.4 is 5.32 Å². The second-order valence-corrected chi connectivity index (χ2v) is 8.71. The summed E-state index contributed by atoms with van der Waals surface area (Å²) in [6.45, 7) is 8.69. The minimum Gasteiger partial charge on any atom is -0.357 e. The molecule has 0 aliphatic heterocycles. The highest BCUT2D eigenvalue weighted by Gasteiger charge is 2.13. The van der Waals surface area contributed by atoms with Crippen molar-refractivity contribution >= 4 is 27.8 Å². The van der Waals surface area contributed by atoms with Crippen molar-refractivity contribution < 1.29 is 0 Å². The Morgan fingerprint density at radius 1 is 1.11 bits per heavy atom. The molecule has 4 heterocycles. The zero-order chi connectivity index (χ0) is 19.5. The quantitative estimate of drug-likeness (QED) is 0.453. The molecule has 4 aromatic rings. The maximum atomic E-state index is 4.75. The number of hydrogen-bond acceptors (Lipinski definition) is 6. The summed E-state index contributed by atoms with van der Waals surface area (Å²) in [6.07, 6.45) is 5.16. The second kappa shape index (κ2) is 8.28. The largest absolute Gasteiger partial charge is 0.357 e. The number of thiazole rings is 1. The lowest BCUT2D eigenvalue weighted by molar-refractivity contribution is 0.620. The third kappa shape index (κ3) is 4.18. The molecule has 4 aromatic heterocycles. The maximum absolute atomic E-state index is 4.75. The molecule has 0 unspecified atom stereocenters. The summed E-state index contributed by atoms with van der Waals surface area (Å²) < 4.78 is 3.98. The molecule has 28 heavy (non-hydrogen) atoms. The first-order valence-corrected chi connectivity index (χ1v) is 11.1. The van der Waals surface area contributed by atoms with E-state index < -0.39 is 0 Å². The molecule has 6 nitrogen and oxygen atoms in total. The van der Waals surface area contributed by atoms with Crippen LogP contribution in [-0.2, 0) is 26.1 Å². The number of aryl methyl sites for hydroxylation is 5. The van der Waals surface area contributed by atoms with Crippen LogP contribution in [0, 0.1) is 13.8 Å². The zero-order valence-electron chi connectivity index (χ0n) is 16.3. The van der Waals surface area contributed by atoms with Gasteiger partial charge in [-0.15, -0.1) is 11.3 Å². The van der Waals surface area contributed by atoms with Gasteiger partial charge in [0.15, 0.2) is 5.13 Å². The third-order valence-electron chi connectivity index (χ3n) is 4.64. The summed E-state index contributed by atoms with van der Waals surface area (Å²) in [5.74, 6) is 0. The molecule has 1 N–H and O–H groups in total. The van der Waals surface area contributed by atoms with E-state index in [4.69, 9.17) is 5.10 Å². The van der Waals surface area contributed by atoms with Crippen molar-refractivity contribution in [2.45, 2.75) is 46.8 Å². The Morgan fingerprint density at radius 3 is 2.75 bits per heavy atom. The van der Waals surface area contributed by atoms with Crippen LogP contribution >= 0.6 is 22.7 Å². The van der Waals surface area contributed by atoms with Gasteiger partial charge in [0.25, 0.3) is 0 Å². The van der Waals surface area contributed by atoms with Gasteiger partial charge in [0.2, 0.25) is 0 Å². The van der Waals surface area contributed by atoms with Crippen LogP contribution in [-0.4, -0.2) is 24.5 Å². The molecular formula is C20H24N6S2. The molecule has 0 atom stereocenters. The topological polar surface area (TPSA) is 60.6 Å². The van der Waals surface area contributed by atoms with Crippen LogP contribution in [0.3, 0.4) is 0 Å². The Hall–Kier alpha value is -2.45. The number of aromatic nitrogens is 5. The lowest BCUT2D eigenvalue weighted by atomic mass is 10.3. The first-order chi connectivity index (χ1) is 13.6. The molecule has 0 aromatic carbocycles. The normalized spacial score (nSPS) is 11.2. The van der Waals surface area contributed by atoms with E-state index in [1.807, 2.05) is 23.2 Å². The van der Waals surface area contributed by atoms with Crippen LogP contribution in [0.4, 0.5) is 5.13 Å². The Morgan fingerprint density at radius 2 is 2.00 bits per heavy atom. The lowest BCUT2D eigenvalue weighted by Gasteiger charge is -2.00. The van der Waals surface area contributed by atoms with E-state index in [1.165, 1.54) is 10.4 Å². The third-order valence-corrected chi connectivity index (χ3v) is 6.71. The van der Waals surface area contributed by atoms with Gasteiger partial charge in [-0.25, -0.2) is 4.98 Å².